The fraction of sp³-hybridized carbons (Fsp3) is 0.500. The van der Waals surface area contributed by atoms with Crippen LogP contribution in [-0.4, -0.2) is 5.75 Å². The molecule has 1 aromatic carbocycles. The van der Waals surface area contributed by atoms with Gasteiger partial charge in [0, 0.05) is 5.75 Å². The van der Waals surface area contributed by atoms with Gasteiger partial charge in [-0.15, -0.1) is 0 Å². The SMILES string of the molecule is N#Cc1cc(CSCC2CCCC2)ccc1F. The molecule has 0 bridgehead atoms. The van der Waals surface area contributed by atoms with Gasteiger partial charge < -0.3 is 0 Å². The van der Waals surface area contributed by atoms with Gasteiger partial charge in [0.1, 0.15) is 11.9 Å². The van der Waals surface area contributed by atoms with Crippen LogP contribution in [0.1, 0.15) is 36.8 Å². The number of hydrogen-bond acceptors (Lipinski definition) is 2. The molecule has 1 aromatic rings. The Hall–Kier alpha value is -1.01. The van der Waals surface area contributed by atoms with Gasteiger partial charge in [-0.3, -0.25) is 0 Å². The van der Waals surface area contributed by atoms with Crippen LogP contribution in [0.5, 0.6) is 0 Å². The van der Waals surface area contributed by atoms with Crippen molar-refractivity contribution < 1.29 is 4.39 Å². The van der Waals surface area contributed by atoms with E-state index in [-0.39, 0.29) is 5.56 Å². The molecule has 17 heavy (non-hydrogen) atoms. The molecule has 0 amide bonds. The van der Waals surface area contributed by atoms with Crippen molar-refractivity contribution in [3.63, 3.8) is 0 Å². The second-order valence-corrected chi connectivity index (χ2v) is 5.62. The zero-order valence-corrected chi connectivity index (χ0v) is 10.6. The summed E-state index contributed by atoms with van der Waals surface area (Å²) in [4.78, 5) is 0. The highest BCUT2D eigenvalue weighted by Crippen LogP contribution is 2.29. The van der Waals surface area contributed by atoms with E-state index in [1.807, 2.05) is 17.8 Å². The fourth-order valence-corrected chi connectivity index (χ4v) is 3.47. The molecule has 1 aliphatic carbocycles. The standard InChI is InChI=1S/C14H16FNS/c15-14-6-5-12(7-13(14)8-16)10-17-9-11-3-1-2-4-11/h5-7,11H,1-4,9-10H2. The lowest BCUT2D eigenvalue weighted by Gasteiger charge is -2.08. The number of rotatable bonds is 4. The minimum absolute atomic E-state index is 0.156. The predicted molar refractivity (Wildman–Crippen MR) is 69.2 cm³/mol. The number of benzene rings is 1. The van der Waals surface area contributed by atoms with Crippen LogP contribution in [-0.2, 0) is 5.75 Å². The van der Waals surface area contributed by atoms with Gasteiger partial charge in [-0.2, -0.15) is 17.0 Å². The maximum Gasteiger partial charge on any atom is 0.140 e. The minimum Gasteiger partial charge on any atom is -0.206 e. The topological polar surface area (TPSA) is 23.8 Å². The van der Waals surface area contributed by atoms with E-state index >= 15 is 0 Å². The van der Waals surface area contributed by atoms with E-state index in [4.69, 9.17) is 5.26 Å². The van der Waals surface area contributed by atoms with Crippen molar-refractivity contribution in [2.45, 2.75) is 31.4 Å². The molecular weight excluding hydrogens is 233 g/mol. The summed E-state index contributed by atoms with van der Waals surface area (Å²) in [5, 5.41) is 8.74. The zero-order valence-electron chi connectivity index (χ0n) is 9.79. The van der Waals surface area contributed by atoms with Crippen LogP contribution >= 0.6 is 11.8 Å². The van der Waals surface area contributed by atoms with Gasteiger partial charge in [0.05, 0.1) is 5.56 Å². The summed E-state index contributed by atoms with van der Waals surface area (Å²) in [6, 6.07) is 6.72. The van der Waals surface area contributed by atoms with Crippen LogP contribution in [0.3, 0.4) is 0 Å². The van der Waals surface area contributed by atoms with Crippen molar-refractivity contribution in [1.82, 2.24) is 0 Å². The molecule has 1 aliphatic rings. The van der Waals surface area contributed by atoms with Crippen molar-refractivity contribution >= 4 is 11.8 Å². The second kappa shape index (κ2) is 6.07. The first-order chi connectivity index (χ1) is 8.29. The van der Waals surface area contributed by atoms with Crippen molar-refractivity contribution in [2.24, 2.45) is 5.92 Å². The maximum absolute atomic E-state index is 13.1. The smallest absolute Gasteiger partial charge is 0.140 e. The molecule has 2 rings (SSSR count). The lowest BCUT2D eigenvalue weighted by atomic mass is 10.1. The van der Waals surface area contributed by atoms with E-state index in [1.165, 1.54) is 37.5 Å². The molecular formula is C14H16FNS. The first-order valence-corrected chi connectivity index (χ1v) is 7.21. The molecule has 0 atom stereocenters. The van der Waals surface area contributed by atoms with Crippen LogP contribution in [0.4, 0.5) is 4.39 Å². The average molecular weight is 249 g/mol. The normalized spacial score (nSPS) is 16.0. The Kier molecular flexibility index (Phi) is 4.44. The van der Waals surface area contributed by atoms with Crippen molar-refractivity contribution in [3.8, 4) is 6.07 Å². The Morgan fingerprint density at radius 2 is 2.12 bits per heavy atom. The number of thioether (sulfide) groups is 1. The van der Waals surface area contributed by atoms with Gasteiger partial charge in [-0.1, -0.05) is 18.9 Å². The fourth-order valence-electron chi connectivity index (χ4n) is 2.27. The molecule has 90 valence electrons. The minimum atomic E-state index is -0.419. The Balaban J connectivity index is 1.84. The maximum atomic E-state index is 13.1. The zero-order chi connectivity index (χ0) is 12.1. The lowest BCUT2D eigenvalue weighted by Crippen LogP contribution is -1.97. The van der Waals surface area contributed by atoms with Gasteiger partial charge in [-0.25, -0.2) is 4.39 Å². The Bertz CT molecular complexity index is 419. The molecule has 0 aromatic heterocycles. The van der Waals surface area contributed by atoms with E-state index in [2.05, 4.69) is 0 Å². The number of hydrogen-bond donors (Lipinski definition) is 0. The third-order valence-corrected chi connectivity index (χ3v) is 4.49. The van der Waals surface area contributed by atoms with Gasteiger partial charge in [-0.05, 0) is 42.2 Å². The predicted octanol–water partition coefficient (Wildman–Crippen LogP) is 4.12. The second-order valence-electron chi connectivity index (χ2n) is 4.59. The monoisotopic (exact) mass is 249 g/mol. The third kappa shape index (κ3) is 3.47. The number of halogens is 1. The van der Waals surface area contributed by atoms with Gasteiger partial charge in [0.15, 0.2) is 0 Å². The van der Waals surface area contributed by atoms with E-state index in [0.29, 0.717) is 0 Å². The van der Waals surface area contributed by atoms with Crippen molar-refractivity contribution in [3.05, 3.63) is 35.1 Å². The van der Waals surface area contributed by atoms with Gasteiger partial charge in [0.2, 0.25) is 0 Å². The highest BCUT2D eigenvalue weighted by Gasteiger charge is 2.14. The third-order valence-electron chi connectivity index (χ3n) is 3.25. The molecule has 0 spiro atoms. The van der Waals surface area contributed by atoms with E-state index in [9.17, 15) is 4.39 Å². The first kappa shape index (κ1) is 12.4. The lowest BCUT2D eigenvalue weighted by molar-refractivity contribution is 0.622. The molecule has 3 heteroatoms. The number of nitrogens with zero attached hydrogens (tertiary/aromatic N) is 1. The summed E-state index contributed by atoms with van der Waals surface area (Å²) in [5.41, 5.74) is 1.20. The summed E-state index contributed by atoms with van der Waals surface area (Å²) >= 11 is 1.90. The summed E-state index contributed by atoms with van der Waals surface area (Å²) < 4.78 is 13.1. The summed E-state index contributed by atoms with van der Waals surface area (Å²) in [7, 11) is 0. The highest BCUT2D eigenvalue weighted by atomic mass is 32.2. The van der Waals surface area contributed by atoms with Crippen LogP contribution in [0.25, 0.3) is 0 Å². The molecule has 1 fully saturated rings. The van der Waals surface area contributed by atoms with Crippen LogP contribution < -0.4 is 0 Å². The largest absolute Gasteiger partial charge is 0.206 e. The Morgan fingerprint density at radius 1 is 1.35 bits per heavy atom. The molecule has 0 saturated heterocycles. The van der Waals surface area contributed by atoms with E-state index < -0.39 is 5.82 Å². The Labute approximate surface area is 106 Å². The van der Waals surface area contributed by atoms with Crippen LogP contribution in [0, 0.1) is 23.1 Å². The molecule has 0 N–H and O–H groups in total. The summed E-state index contributed by atoms with van der Waals surface area (Å²) in [5.74, 6) is 2.53. The molecule has 0 aliphatic heterocycles. The first-order valence-electron chi connectivity index (χ1n) is 6.06. The molecule has 0 heterocycles. The molecule has 1 nitrogen and oxygen atoms in total. The van der Waals surface area contributed by atoms with Gasteiger partial charge in [0.25, 0.3) is 0 Å². The van der Waals surface area contributed by atoms with Crippen molar-refractivity contribution in [1.29, 1.82) is 5.26 Å². The van der Waals surface area contributed by atoms with Crippen molar-refractivity contribution in [2.75, 3.05) is 5.75 Å². The van der Waals surface area contributed by atoms with E-state index in [0.717, 1.165) is 17.2 Å². The Morgan fingerprint density at radius 3 is 2.82 bits per heavy atom. The quantitative estimate of drug-likeness (QED) is 0.801. The highest BCUT2D eigenvalue weighted by molar-refractivity contribution is 7.98. The molecule has 1 saturated carbocycles. The molecule has 0 radical (unpaired) electrons. The summed E-state index contributed by atoms with van der Waals surface area (Å²) in [6.45, 7) is 0. The number of nitriles is 1. The van der Waals surface area contributed by atoms with Crippen LogP contribution in [0.2, 0.25) is 0 Å². The van der Waals surface area contributed by atoms with Gasteiger partial charge >= 0.3 is 0 Å². The average Bonchev–Trinajstić information content (AvgIpc) is 2.84. The summed E-state index contributed by atoms with van der Waals surface area (Å²) in [6.07, 6.45) is 5.47. The molecule has 0 unspecified atom stereocenters. The van der Waals surface area contributed by atoms with E-state index in [1.54, 1.807) is 12.1 Å². The van der Waals surface area contributed by atoms with Crippen LogP contribution in [0.15, 0.2) is 18.2 Å².